The van der Waals surface area contributed by atoms with Crippen molar-refractivity contribution in [3.8, 4) is 0 Å². The minimum absolute atomic E-state index is 0.0394. The molecule has 17 heavy (non-hydrogen) atoms. The average molecular weight is 296 g/mol. The van der Waals surface area contributed by atoms with Gasteiger partial charge in [0.2, 0.25) is 0 Å². The third-order valence-corrected chi connectivity index (χ3v) is 3.59. The standard InChI is InChI=1S/C13H14BrNO2/c14-9-12(16)11-7-4-8-15(11)13(17)10-5-2-1-3-6-10/h1-3,5-6,11H,4,7-9H2/t11-/m0/s1. The number of nitrogens with zero attached hydrogens (tertiary/aromatic N) is 1. The molecule has 0 radical (unpaired) electrons. The van der Waals surface area contributed by atoms with Crippen molar-refractivity contribution in [3.63, 3.8) is 0 Å². The molecular weight excluding hydrogens is 282 g/mol. The van der Waals surface area contributed by atoms with E-state index in [9.17, 15) is 9.59 Å². The van der Waals surface area contributed by atoms with Gasteiger partial charge in [-0.15, -0.1) is 0 Å². The smallest absolute Gasteiger partial charge is 0.254 e. The monoisotopic (exact) mass is 295 g/mol. The minimum Gasteiger partial charge on any atom is -0.329 e. The quantitative estimate of drug-likeness (QED) is 0.802. The molecule has 0 bridgehead atoms. The number of carbonyl (C=O) groups is 2. The van der Waals surface area contributed by atoms with E-state index >= 15 is 0 Å². The van der Waals surface area contributed by atoms with Crippen LogP contribution in [0.25, 0.3) is 0 Å². The number of rotatable bonds is 3. The third-order valence-electron chi connectivity index (χ3n) is 3.04. The van der Waals surface area contributed by atoms with Crippen LogP contribution in [-0.2, 0) is 4.79 Å². The van der Waals surface area contributed by atoms with Crippen molar-refractivity contribution in [2.24, 2.45) is 0 Å². The Morgan fingerprint density at radius 2 is 2.00 bits per heavy atom. The van der Waals surface area contributed by atoms with Gasteiger partial charge in [-0.1, -0.05) is 34.1 Å². The Kier molecular flexibility index (Phi) is 3.94. The Morgan fingerprint density at radius 1 is 1.29 bits per heavy atom. The first-order valence-corrected chi connectivity index (χ1v) is 6.81. The third kappa shape index (κ3) is 2.57. The maximum atomic E-state index is 12.2. The fourth-order valence-electron chi connectivity index (χ4n) is 2.18. The Labute approximate surface area is 109 Å². The fourth-order valence-corrected chi connectivity index (χ4v) is 2.55. The van der Waals surface area contributed by atoms with E-state index in [0.29, 0.717) is 17.4 Å². The van der Waals surface area contributed by atoms with E-state index in [0.717, 1.165) is 12.8 Å². The number of benzene rings is 1. The molecule has 1 aromatic rings. The molecule has 0 aliphatic carbocycles. The molecule has 4 heteroatoms. The molecule has 1 aromatic carbocycles. The van der Waals surface area contributed by atoms with E-state index in [2.05, 4.69) is 15.9 Å². The van der Waals surface area contributed by atoms with Gasteiger partial charge in [-0.05, 0) is 25.0 Å². The molecular formula is C13H14BrNO2. The molecule has 1 atom stereocenters. The van der Waals surface area contributed by atoms with Crippen LogP contribution in [0.4, 0.5) is 0 Å². The van der Waals surface area contributed by atoms with E-state index in [1.807, 2.05) is 18.2 Å². The highest BCUT2D eigenvalue weighted by molar-refractivity contribution is 9.09. The van der Waals surface area contributed by atoms with Gasteiger partial charge in [-0.3, -0.25) is 9.59 Å². The van der Waals surface area contributed by atoms with E-state index in [1.54, 1.807) is 17.0 Å². The van der Waals surface area contributed by atoms with Crippen molar-refractivity contribution in [3.05, 3.63) is 35.9 Å². The van der Waals surface area contributed by atoms with Gasteiger partial charge in [0.15, 0.2) is 5.78 Å². The molecule has 1 aliphatic rings. The van der Waals surface area contributed by atoms with Crippen LogP contribution in [0.3, 0.4) is 0 Å². The summed E-state index contributed by atoms with van der Waals surface area (Å²) in [6, 6.07) is 8.88. The van der Waals surface area contributed by atoms with Gasteiger partial charge in [0, 0.05) is 12.1 Å². The molecule has 3 nitrogen and oxygen atoms in total. The Bertz CT molecular complexity index is 419. The van der Waals surface area contributed by atoms with Crippen LogP contribution in [0, 0.1) is 0 Å². The highest BCUT2D eigenvalue weighted by Crippen LogP contribution is 2.21. The lowest BCUT2D eigenvalue weighted by molar-refractivity contribution is -0.120. The van der Waals surface area contributed by atoms with Crippen molar-refractivity contribution in [1.82, 2.24) is 4.90 Å². The second-order valence-corrected chi connectivity index (χ2v) is 4.68. The van der Waals surface area contributed by atoms with Gasteiger partial charge in [-0.2, -0.15) is 0 Å². The average Bonchev–Trinajstić information content (AvgIpc) is 2.87. The SMILES string of the molecule is O=C(CBr)[C@@H]1CCCN1C(=O)c1ccccc1. The summed E-state index contributed by atoms with van der Waals surface area (Å²) in [7, 11) is 0. The number of ketones is 1. The van der Waals surface area contributed by atoms with Crippen molar-refractivity contribution in [1.29, 1.82) is 0 Å². The predicted octanol–water partition coefficient (Wildman–Crippen LogP) is 2.26. The van der Waals surface area contributed by atoms with Gasteiger partial charge in [0.25, 0.3) is 5.91 Å². The predicted molar refractivity (Wildman–Crippen MR) is 69.3 cm³/mol. The summed E-state index contributed by atoms with van der Waals surface area (Å²) in [6.07, 6.45) is 1.69. The molecule has 1 saturated heterocycles. The molecule has 1 fully saturated rings. The van der Waals surface area contributed by atoms with Crippen molar-refractivity contribution >= 4 is 27.6 Å². The Hall–Kier alpha value is -1.16. The van der Waals surface area contributed by atoms with Gasteiger partial charge >= 0.3 is 0 Å². The second-order valence-electron chi connectivity index (χ2n) is 4.12. The molecule has 2 rings (SSSR count). The number of halogens is 1. The summed E-state index contributed by atoms with van der Waals surface area (Å²) < 4.78 is 0. The highest BCUT2D eigenvalue weighted by Gasteiger charge is 2.33. The maximum absolute atomic E-state index is 12.2. The molecule has 1 heterocycles. The van der Waals surface area contributed by atoms with Crippen LogP contribution in [0.1, 0.15) is 23.2 Å². The van der Waals surface area contributed by atoms with Crippen molar-refractivity contribution in [2.45, 2.75) is 18.9 Å². The Balaban J connectivity index is 2.17. The second kappa shape index (κ2) is 5.45. The van der Waals surface area contributed by atoms with Crippen LogP contribution in [0.2, 0.25) is 0 Å². The van der Waals surface area contributed by atoms with Crippen LogP contribution in [0.15, 0.2) is 30.3 Å². The summed E-state index contributed by atoms with van der Waals surface area (Å²) >= 11 is 3.17. The number of hydrogen-bond donors (Lipinski definition) is 0. The molecule has 90 valence electrons. The summed E-state index contributed by atoms with van der Waals surface area (Å²) in [5.41, 5.74) is 0.654. The van der Waals surface area contributed by atoms with Crippen molar-refractivity contribution < 1.29 is 9.59 Å². The van der Waals surface area contributed by atoms with E-state index in [-0.39, 0.29) is 17.7 Å². The van der Waals surface area contributed by atoms with E-state index < -0.39 is 0 Å². The van der Waals surface area contributed by atoms with Gasteiger partial charge < -0.3 is 4.90 Å². The molecule has 0 saturated carbocycles. The summed E-state index contributed by atoms with van der Waals surface area (Å²) in [5.74, 6) is 0.0502. The van der Waals surface area contributed by atoms with E-state index in [1.165, 1.54) is 0 Å². The highest BCUT2D eigenvalue weighted by atomic mass is 79.9. The van der Waals surface area contributed by atoms with Crippen LogP contribution in [0.5, 0.6) is 0 Å². The van der Waals surface area contributed by atoms with Crippen LogP contribution >= 0.6 is 15.9 Å². The number of amides is 1. The van der Waals surface area contributed by atoms with Crippen LogP contribution in [-0.4, -0.2) is 34.5 Å². The lowest BCUT2D eigenvalue weighted by Gasteiger charge is -2.23. The maximum Gasteiger partial charge on any atom is 0.254 e. The molecule has 0 aromatic heterocycles. The number of carbonyl (C=O) groups excluding carboxylic acids is 2. The first-order chi connectivity index (χ1) is 8.24. The minimum atomic E-state index is -0.248. The molecule has 0 spiro atoms. The first kappa shape index (κ1) is 12.3. The fraction of sp³-hybridized carbons (Fsp3) is 0.385. The van der Waals surface area contributed by atoms with Crippen molar-refractivity contribution in [2.75, 3.05) is 11.9 Å². The lowest BCUT2D eigenvalue weighted by Crippen LogP contribution is -2.41. The zero-order valence-electron chi connectivity index (χ0n) is 9.43. The molecule has 0 N–H and O–H groups in total. The first-order valence-electron chi connectivity index (χ1n) is 5.68. The molecule has 1 aliphatic heterocycles. The topological polar surface area (TPSA) is 37.4 Å². The zero-order valence-corrected chi connectivity index (χ0v) is 11.0. The normalized spacial score (nSPS) is 19.4. The zero-order chi connectivity index (χ0) is 12.3. The molecule has 1 amide bonds. The number of likely N-dealkylation sites (tertiary alicyclic amines) is 1. The van der Waals surface area contributed by atoms with Gasteiger partial charge in [0.05, 0.1) is 11.4 Å². The molecule has 0 unspecified atom stereocenters. The summed E-state index contributed by atoms with van der Waals surface area (Å²) in [4.78, 5) is 25.6. The summed E-state index contributed by atoms with van der Waals surface area (Å²) in [6.45, 7) is 0.678. The van der Waals surface area contributed by atoms with Gasteiger partial charge in [0.1, 0.15) is 0 Å². The number of Topliss-reactive ketones (excluding diaryl/α,β-unsaturated/α-hetero) is 1. The lowest BCUT2D eigenvalue weighted by atomic mass is 10.1. The Morgan fingerprint density at radius 3 is 2.65 bits per heavy atom. The van der Waals surface area contributed by atoms with Crippen LogP contribution < -0.4 is 0 Å². The van der Waals surface area contributed by atoms with Gasteiger partial charge in [-0.25, -0.2) is 0 Å². The van der Waals surface area contributed by atoms with E-state index in [4.69, 9.17) is 0 Å². The number of hydrogen-bond acceptors (Lipinski definition) is 2. The summed E-state index contributed by atoms with van der Waals surface area (Å²) in [5, 5.41) is 0.316. The largest absolute Gasteiger partial charge is 0.329 e. The number of alkyl halides is 1.